The molecule has 1 N–H and O–H groups in total. The summed E-state index contributed by atoms with van der Waals surface area (Å²) in [5.74, 6) is -0.234. The zero-order valence-electron chi connectivity index (χ0n) is 12.2. The molecule has 0 radical (unpaired) electrons. The molecule has 2 aliphatic heterocycles. The van der Waals surface area contributed by atoms with Crippen LogP contribution in [0, 0.1) is 11.2 Å². The highest BCUT2D eigenvalue weighted by atomic mass is 32.2. The predicted molar refractivity (Wildman–Crippen MR) is 88.0 cm³/mol. The summed E-state index contributed by atoms with van der Waals surface area (Å²) in [6, 6.07) is 4.74. The summed E-state index contributed by atoms with van der Waals surface area (Å²) in [4.78, 5) is 13.0. The zero-order chi connectivity index (χ0) is 14.9. The van der Waals surface area contributed by atoms with Gasteiger partial charge in [-0.1, -0.05) is 29.9 Å². The predicted octanol–water partition coefficient (Wildman–Crippen LogP) is 3.54. The van der Waals surface area contributed by atoms with Crippen LogP contribution in [-0.2, 0) is 4.79 Å². The monoisotopic (exact) mass is 305 g/mol. The van der Waals surface area contributed by atoms with E-state index in [0.29, 0.717) is 5.12 Å². The maximum atomic E-state index is 13.2. The Morgan fingerprint density at radius 3 is 3.00 bits per heavy atom. The summed E-state index contributed by atoms with van der Waals surface area (Å²) in [6.45, 7) is 3.85. The molecule has 2 aliphatic rings. The van der Waals surface area contributed by atoms with Gasteiger partial charge in [0.05, 0.1) is 5.41 Å². The molecular formula is C17H20FNOS. The fourth-order valence-corrected chi connectivity index (χ4v) is 5.06. The van der Waals surface area contributed by atoms with E-state index >= 15 is 0 Å². The third kappa shape index (κ3) is 2.74. The quantitative estimate of drug-likeness (QED) is 0.866. The number of hydrogen-bond acceptors (Lipinski definition) is 2. The van der Waals surface area contributed by atoms with Gasteiger partial charge in [0.25, 0.3) is 0 Å². The first-order valence-corrected chi connectivity index (χ1v) is 8.79. The minimum absolute atomic E-state index is 0.212. The van der Waals surface area contributed by atoms with Crippen molar-refractivity contribution in [1.29, 1.82) is 0 Å². The first-order chi connectivity index (χ1) is 10.1. The van der Waals surface area contributed by atoms with Gasteiger partial charge in [-0.05, 0) is 59.5 Å². The summed E-state index contributed by atoms with van der Waals surface area (Å²) < 4.78 is 13.2. The number of fused-ring (bicyclic) bond motifs is 1. The number of carbonyl (C=O) groups is 1. The van der Waals surface area contributed by atoms with Gasteiger partial charge in [0, 0.05) is 6.54 Å². The molecule has 0 aromatic heterocycles. The van der Waals surface area contributed by atoms with Gasteiger partial charge in [-0.15, -0.1) is 0 Å². The molecule has 1 aromatic carbocycles. The lowest BCUT2D eigenvalue weighted by molar-refractivity contribution is -0.119. The smallest absolute Gasteiger partial charge is 0.194 e. The van der Waals surface area contributed by atoms with Crippen molar-refractivity contribution < 1.29 is 9.18 Å². The summed E-state index contributed by atoms with van der Waals surface area (Å²) in [5.41, 5.74) is 1.62. The lowest BCUT2D eigenvalue weighted by Gasteiger charge is -2.27. The first kappa shape index (κ1) is 14.7. The molecule has 1 fully saturated rings. The van der Waals surface area contributed by atoms with Crippen LogP contribution < -0.4 is 5.32 Å². The molecule has 0 aliphatic carbocycles. The topological polar surface area (TPSA) is 29.1 Å². The largest absolute Gasteiger partial charge is 0.316 e. The van der Waals surface area contributed by atoms with Crippen LogP contribution in [-0.4, -0.2) is 23.6 Å². The van der Waals surface area contributed by atoms with Crippen LogP contribution in [0.25, 0.3) is 6.08 Å². The van der Waals surface area contributed by atoms with Crippen LogP contribution >= 0.6 is 10.5 Å². The molecule has 21 heavy (non-hydrogen) atoms. The standard InChI is InChI=1S/C17H20FNOS/c1-2-6-17(7-8-19-12-17)16(20)21-9-5-13-10-15(18)4-3-14(13)11-21/h3-5,9-11,19H,2,6-8,12H2,1H3. The maximum absolute atomic E-state index is 13.2. The van der Waals surface area contributed by atoms with E-state index < -0.39 is 10.5 Å². The van der Waals surface area contributed by atoms with E-state index in [1.165, 1.54) is 12.1 Å². The molecule has 0 bridgehead atoms. The Morgan fingerprint density at radius 2 is 2.29 bits per heavy atom. The van der Waals surface area contributed by atoms with Crippen LogP contribution in [0.15, 0.2) is 23.6 Å². The number of halogens is 1. The molecule has 4 heteroatoms. The SMILES string of the molecule is CCCC1(C(=O)S2=Cc3ccc(F)cc3C=C2)CCNC1. The van der Waals surface area contributed by atoms with Gasteiger partial charge in [0.15, 0.2) is 5.12 Å². The lowest BCUT2D eigenvalue weighted by atomic mass is 9.84. The van der Waals surface area contributed by atoms with Crippen molar-refractivity contribution in [3.05, 3.63) is 40.6 Å². The highest BCUT2D eigenvalue weighted by molar-refractivity contribution is 8.30. The number of carbonyl (C=O) groups excluding carboxylic acids is 1. The Labute approximate surface area is 127 Å². The third-order valence-corrected chi connectivity index (χ3v) is 6.11. The molecule has 112 valence electrons. The molecule has 0 spiro atoms. The van der Waals surface area contributed by atoms with E-state index in [1.54, 1.807) is 6.07 Å². The fourth-order valence-electron chi connectivity index (χ4n) is 3.20. The zero-order valence-corrected chi connectivity index (χ0v) is 13.0. The second-order valence-corrected chi connectivity index (χ2v) is 7.43. The van der Waals surface area contributed by atoms with Gasteiger partial charge in [0.1, 0.15) is 5.82 Å². The van der Waals surface area contributed by atoms with E-state index in [-0.39, 0.29) is 11.2 Å². The lowest BCUT2D eigenvalue weighted by Crippen LogP contribution is -2.32. The minimum atomic E-state index is -0.495. The molecule has 1 aromatic rings. The Kier molecular flexibility index (Phi) is 4.09. The van der Waals surface area contributed by atoms with Crippen molar-refractivity contribution in [2.45, 2.75) is 26.2 Å². The minimum Gasteiger partial charge on any atom is -0.316 e. The van der Waals surface area contributed by atoms with E-state index in [2.05, 4.69) is 12.2 Å². The van der Waals surface area contributed by atoms with E-state index in [4.69, 9.17) is 0 Å². The van der Waals surface area contributed by atoms with Crippen molar-refractivity contribution in [3.63, 3.8) is 0 Å². The average Bonchev–Trinajstić information content (AvgIpc) is 2.96. The maximum Gasteiger partial charge on any atom is 0.194 e. The van der Waals surface area contributed by atoms with Crippen molar-refractivity contribution >= 4 is 27.0 Å². The van der Waals surface area contributed by atoms with Crippen LogP contribution in [0.5, 0.6) is 0 Å². The van der Waals surface area contributed by atoms with Crippen molar-refractivity contribution in [3.8, 4) is 0 Å². The normalized spacial score (nSPS) is 27.2. The summed E-state index contributed by atoms with van der Waals surface area (Å²) in [5, 5.41) is 7.63. The van der Waals surface area contributed by atoms with Gasteiger partial charge >= 0.3 is 0 Å². The third-order valence-electron chi connectivity index (χ3n) is 4.32. The number of nitrogens with one attached hydrogen (secondary N) is 1. The number of rotatable bonds is 3. The molecule has 1 saturated heterocycles. The second kappa shape index (κ2) is 5.85. The summed E-state index contributed by atoms with van der Waals surface area (Å²) in [7, 11) is -0.495. The van der Waals surface area contributed by atoms with Crippen molar-refractivity contribution in [2.75, 3.05) is 13.1 Å². The average molecular weight is 305 g/mol. The van der Waals surface area contributed by atoms with Crippen molar-refractivity contribution in [1.82, 2.24) is 5.32 Å². The Hall–Kier alpha value is -1.26. The van der Waals surface area contributed by atoms with Gasteiger partial charge in [-0.3, -0.25) is 4.79 Å². The fraction of sp³-hybridized carbons (Fsp3) is 0.412. The van der Waals surface area contributed by atoms with Gasteiger partial charge in [-0.2, -0.15) is 0 Å². The number of hydrogen-bond donors (Lipinski definition) is 1. The van der Waals surface area contributed by atoms with Crippen LogP contribution in [0.1, 0.15) is 37.3 Å². The van der Waals surface area contributed by atoms with Gasteiger partial charge in [-0.25, -0.2) is 4.39 Å². The molecule has 2 unspecified atom stereocenters. The molecule has 2 atom stereocenters. The number of benzene rings is 1. The Morgan fingerprint density at radius 1 is 1.43 bits per heavy atom. The van der Waals surface area contributed by atoms with E-state index in [9.17, 15) is 9.18 Å². The second-order valence-electron chi connectivity index (χ2n) is 5.81. The van der Waals surface area contributed by atoms with Crippen molar-refractivity contribution in [2.24, 2.45) is 5.41 Å². The molecule has 2 nitrogen and oxygen atoms in total. The Bertz CT molecular complexity index is 630. The Balaban J connectivity index is 1.92. The molecule has 0 amide bonds. The van der Waals surface area contributed by atoms with Crippen LogP contribution in [0.3, 0.4) is 0 Å². The van der Waals surface area contributed by atoms with Gasteiger partial charge in [0.2, 0.25) is 0 Å². The van der Waals surface area contributed by atoms with E-state index in [0.717, 1.165) is 43.5 Å². The van der Waals surface area contributed by atoms with Crippen LogP contribution in [0.4, 0.5) is 4.39 Å². The molecule has 0 saturated carbocycles. The summed E-state index contributed by atoms with van der Waals surface area (Å²) in [6.07, 6.45) is 4.79. The highest BCUT2D eigenvalue weighted by Crippen LogP contribution is 2.41. The van der Waals surface area contributed by atoms with Crippen LogP contribution in [0.2, 0.25) is 0 Å². The molecule has 3 rings (SSSR count). The highest BCUT2D eigenvalue weighted by Gasteiger charge is 2.41. The molecular weight excluding hydrogens is 285 g/mol. The van der Waals surface area contributed by atoms with E-state index in [1.807, 2.05) is 16.9 Å². The first-order valence-electron chi connectivity index (χ1n) is 7.44. The molecule has 2 heterocycles. The van der Waals surface area contributed by atoms with Gasteiger partial charge < -0.3 is 5.32 Å². The summed E-state index contributed by atoms with van der Waals surface area (Å²) >= 11 is 0.